The van der Waals surface area contributed by atoms with E-state index in [0.717, 1.165) is 11.6 Å². The van der Waals surface area contributed by atoms with Crippen LogP contribution in [0.2, 0.25) is 0 Å². The molecule has 5 heteroatoms. The molecule has 1 fully saturated rings. The van der Waals surface area contributed by atoms with Gasteiger partial charge in [-0.1, -0.05) is 12.2 Å². The van der Waals surface area contributed by atoms with E-state index < -0.39 is 18.0 Å². The van der Waals surface area contributed by atoms with Crippen molar-refractivity contribution < 1.29 is 19.8 Å². The van der Waals surface area contributed by atoms with Gasteiger partial charge in [0.15, 0.2) is 0 Å². The molecule has 1 saturated heterocycles. The number of hydrogen-bond acceptors (Lipinski definition) is 3. The first kappa shape index (κ1) is 11.5. The molecule has 1 aliphatic heterocycles. The van der Waals surface area contributed by atoms with Gasteiger partial charge < -0.3 is 15.5 Å². The zero-order valence-corrected chi connectivity index (χ0v) is 8.36. The van der Waals surface area contributed by atoms with Crippen LogP contribution in [-0.4, -0.2) is 34.7 Å². The molecule has 3 N–H and O–H groups in total. The fourth-order valence-corrected chi connectivity index (χ4v) is 1.69. The second kappa shape index (κ2) is 4.27. The van der Waals surface area contributed by atoms with Crippen molar-refractivity contribution in [2.45, 2.75) is 13.0 Å². The zero-order valence-electron chi connectivity index (χ0n) is 8.36. The van der Waals surface area contributed by atoms with E-state index in [0.29, 0.717) is 12.1 Å². The van der Waals surface area contributed by atoms with Crippen LogP contribution < -0.4 is 5.32 Å². The molecule has 0 aromatic rings. The Morgan fingerprint density at radius 2 is 2.13 bits per heavy atom. The molecule has 0 aliphatic carbocycles. The minimum atomic E-state index is -1.13. The van der Waals surface area contributed by atoms with Crippen molar-refractivity contribution >= 4 is 11.9 Å². The van der Waals surface area contributed by atoms with Gasteiger partial charge in [-0.25, -0.2) is 4.79 Å². The number of carbonyl (C=O) groups is 2. The number of carboxylic acid groups (broad SMARTS) is 2. The van der Waals surface area contributed by atoms with E-state index in [1.54, 1.807) is 6.92 Å². The van der Waals surface area contributed by atoms with Crippen LogP contribution in [0.3, 0.4) is 0 Å². The fourth-order valence-electron chi connectivity index (χ4n) is 1.69. The van der Waals surface area contributed by atoms with E-state index in [4.69, 9.17) is 10.2 Å². The van der Waals surface area contributed by atoms with E-state index in [1.165, 1.54) is 0 Å². The Labute approximate surface area is 87.1 Å². The second-order valence-corrected chi connectivity index (χ2v) is 3.56. The van der Waals surface area contributed by atoms with Crippen LogP contribution in [0.4, 0.5) is 0 Å². The third-order valence-electron chi connectivity index (χ3n) is 2.39. The monoisotopic (exact) mass is 211 g/mol. The molecule has 0 unspecified atom stereocenters. The number of nitrogens with one attached hydrogen (secondary N) is 1. The van der Waals surface area contributed by atoms with Crippen LogP contribution in [0.5, 0.6) is 0 Å². The number of hydrogen-bond donors (Lipinski definition) is 3. The molecule has 2 atom stereocenters. The van der Waals surface area contributed by atoms with Gasteiger partial charge >= 0.3 is 11.9 Å². The number of rotatable bonds is 3. The third-order valence-corrected chi connectivity index (χ3v) is 2.39. The van der Waals surface area contributed by atoms with Gasteiger partial charge in [0.05, 0.1) is 0 Å². The predicted molar refractivity (Wildman–Crippen MR) is 53.4 cm³/mol. The fraction of sp³-hybridized carbons (Fsp3) is 0.400. The molecule has 0 radical (unpaired) electrons. The lowest BCUT2D eigenvalue weighted by atomic mass is 9.92. The Balaban J connectivity index is 3.03. The van der Waals surface area contributed by atoms with Gasteiger partial charge in [-0.15, -0.1) is 0 Å². The molecule has 0 amide bonds. The standard InChI is InChI=1S/C10H13NO4/c1-5(2)7-4-11-9(10(14)15)6(7)3-8(12)13/h3,7,9,11H,1,4H2,2H3,(H,12,13)(H,14,15)/b6-3-/t7-,9+/m1/s1. The molecule has 0 spiro atoms. The van der Waals surface area contributed by atoms with Crippen molar-refractivity contribution in [3.8, 4) is 0 Å². The summed E-state index contributed by atoms with van der Waals surface area (Å²) in [5, 5.41) is 20.3. The zero-order chi connectivity index (χ0) is 11.6. The minimum absolute atomic E-state index is 0.206. The van der Waals surface area contributed by atoms with Gasteiger partial charge in [-0.3, -0.25) is 4.79 Å². The summed E-state index contributed by atoms with van der Waals surface area (Å²) in [6.45, 7) is 5.90. The summed E-state index contributed by atoms with van der Waals surface area (Å²) in [6.07, 6.45) is 0.956. The maximum Gasteiger partial charge on any atom is 0.328 e. The van der Waals surface area contributed by atoms with Crippen LogP contribution in [0.25, 0.3) is 0 Å². The Morgan fingerprint density at radius 1 is 1.53 bits per heavy atom. The van der Waals surface area contributed by atoms with Crippen LogP contribution in [0.15, 0.2) is 23.8 Å². The van der Waals surface area contributed by atoms with Crippen molar-refractivity contribution in [1.82, 2.24) is 5.32 Å². The lowest BCUT2D eigenvalue weighted by Crippen LogP contribution is -2.31. The maximum absolute atomic E-state index is 10.8. The highest BCUT2D eigenvalue weighted by Crippen LogP contribution is 2.27. The smallest absolute Gasteiger partial charge is 0.328 e. The molecule has 0 bridgehead atoms. The summed E-state index contributed by atoms with van der Waals surface area (Å²) in [6, 6.07) is -0.914. The highest BCUT2D eigenvalue weighted by molar-refractivity contribution is 5.86. The molecular formula is C10H13NO4. The predicted octanol–water partition coefficient (Wildman–Crippen LogP) is 0.246. The molecule has 15 heavy (non-hydrogen) atoms. The second-order valence-electron chi connectivity index (χ2n) is 3.56. The van der Waals surface area contributed by atoms with Crippen LogP contribution >= 0.6 is 0 Å². The van der Waals surface area contributed by atoms with E-state index >= 15 is 0 Å². The largest absolute Gasteiger partial charge is 0.480 e. The van der Waals surface area contributed by atoms with E-state index in [2.05, 4.69) is 11.9 Å². The van der Waals surface area contributed by atoms with Gasteiger partial charge in [0, 0.05) is 18.5 Å². The lowest BCUT2D eigenvalue weighted by molar-refractivity contribution is -0.138. The van der Waals surface area contributed by atoms with Gasteiger partial charge in [0.1, 0.15) is 6.04 Å². The first-order valence-electron chi connectivity index (χ1n) is 4.49. The molecule has 0 saturated carbocycles. The number of aliphatic carboxylic acids is 2. The average molecular weight is 211 g/mol. The Kier molecular flexibility index (Phi) is 3.26. The summed E-state index contributed by atoms with van der Waals surface area (Å²) in [7, 11) is 0. The quantitative estimate of drug-likeness (QED) is 0.460. The van der Waals surface area contributed by atoms with Crippen molar-refractivity contribution in [2.24, 2.45) is 5.92 Å². The molecule has 5 nitrogen and oxygen atoms in total. The Morgan fingerprint density at radius 3 is 2.53 bits per heavy atom. The Bertz CT molecular complexity index is 321. The molecule has 0 aromatic heterocycles. The molecule has 1 heterocycles. The van der Waals surface area contributed by atoms with Gasteiger partial charge in [-0.2, -0.15) is 0 Å². The SMILES string of the molecule is C=C(C)[C@H]1CN[C@H](C(=O)O)/C1=C\C(=O)O. The Hall–Kier alpha value is -1.62. The third kappa shape index (κ3) is 2.44. The lowest BCUT2D eigenvalue weighted by Gasteiger charge is -2.11. The molecule has 0 aromatic carbocycles. The maximum atomic E-state index is 10.8. The van der Waals surface area contributed by atoms with E-state index in [1.807, 2.05) is 0 Å². The van der Waals surface area contributed by atoms with Crippen molar-refractivity contribution in [2.75, 3.05) is 6.54 Å². The molecular weight excluding hydrogens is 198 g/mol. The molecule has 1 rings (SSSR count). The van der Waals surface area contributed by atoms with E-state index in [-0.39, 0.29) is 5.92 Å². The first-order chi connectivity index (χ1) is 6.93. The van der Waals surface area contributed by atoms with Crippen LogP contribution in [-0.2, 0) is 9.59 Å². The highest BCUT2D eigenvalue weighted by atomic mass is 16.4. The summed E-state index contributed by atoms with van der Waals surface area (Å²) < 4.78 is 0. The van der Waals surface area contributed by atoms with Crippen molar-refractivity contribution in [3.63, 3.8) is 0 Å². The summed E-state index contributed by atoms with van der Waals surface area (Å²) in [5.41, 5.74) is 1.13. The normalized spacial score (nSPS) is 27.9. The van der Waals surface area contributed by atoms with Gasteiger partial charge in [-0.05, 0) is 12.5 Å². The summed E-state index contributed by atoms with van der Waals surface area (Å²) in [4.78, 5) is 21.4. The summed E-state index contributed by atoms with van der Waals surface area (Å²) >= 11 is 0. The van der Waals surface area contributed by atoms with Gasteiger partial charge in [0.25, 0.3) is 0 Å². The van der Waals surface area contributed by atoms with Crippen molar-refractivity contribution in [3.05, 3.63) is 23.8 Å². The first-order valence-corrected chi connectivity index (χ1v) is 4.49. The van der Waals surface area contributed by atoms with Gasteiger partial charge in [0.2, 0.25) is 0 Å². The topological polar surface area (TPSA) is 86.6 Å². The van der Waals surface area contributed by atoms with Crippen LogP contribution in [0.1, 0.15) is 6.92 Å². The highest BCUT2D eigenvalue weighted by Gasteiger charge is 2.35. The molecule has 82 valence electrons. The minimum Gasteiger partial charge on any atom is -0.480 e. The van der Waals surface area contributed by atoms with E-state index in [9.17, 15) is 9.59 Å². The van der Waals surface area contributed by atoms with Crippen molar-refractivity contribution in [1.29, 1.82) is 0 Å². The van der Waals surface area contributed by atoms with Crippen LogP contribution in [0, 0.1) is 5.92 Å². The average Bonchev–Trinajstić information content (AvgIpc) is 2.46. The summed E-state index contributed by atoms with van der Waals surface area (Å²) in [5.74, 6) is -2.40. The number of carboxylic acids is 2. The molecule has 1 aliphatic rings.